The molecule has 5 rings (SSSR count). The fraction of sp³-hybridized carbons (Fsp3) is 0.545. The topological polar surface area (TPSA) is 63.2 Å². The summed E-state index contributed by atoms with van der Waals surface area (Å²) in [6, 6.07) is 18.7. The van der Waals surface area contributed by atoms with Crippen molar-refractivity contribution in [3.05, 3.63) is 92.7 Å². The Labute approximate surface area is 290 Å². The normalized spacial score (nSPS) is 13.2. The lowest BCUT2D eigenvalue weighted by Crippen LogP contribution is -2.18. The molecule has 0 radical (unpaired) electrons. The summed E-state index contributed by atoms with van der Waals surface area (Å²) in [6.45, 7) is 9.20. The Morgan fingerprint density at radius 2 is 0.542 bits per heavy atom. The number of aromatic nitrogens is 4. The van der Waals surface area contributed by atoms with Crippen molar-refractivity contribution >= 4 is 22.3 Å². The largest absolute Gasteiger partial charge is 0.355 e. The Morgan fingerprint density at radius 1 is 0.292 bits per heavy atom. The van der Waals surface area contributed by atoms with Crippen LogP contribution < -0.4 is 21.4 Å². The van der Waals surface area contributed by atoms with Gasteiger partial charge in [-0.3, -0.25) is 0 Å². The van der Waals surface area contributed by atoms with Gasteiger partial charge in [0.15, 0.2) is 0 Å². The molecule has 0 amide bonds. The molecule has 1 aliphatic rings. The molecule has 4 heteroatoms. The molecule has 0 saturated heterocycles. The van der Waals surface area contributed by atoms with Crippen LogP contribution in [0.3, 0.4) is 0 Å². The fourth-order valence-electron chi connectivity index (χ4n) is 7.56. The van der Waals surface area contributed by atoms with Gasteiger partial charge in [-0.1, -0.05) is 105 Å². The predicted molar refractivity (Wildman–Crippen MR) is 207 cm³/mol. The lowest BCUT2D eigenvalue weighted by atomic mass is 10.0. The van der Waals surface area contributed by atoms with E-state index < -0.39 is 0 Å². The number of aromatic amines is 4. The Morgan fingerprint density at radius 3 is 0.771 bits per heavy atom. The highest BCUT2D eigenvalue weighted by molar-refractivity contribution is 5.71. The highest BCUT2D eigenvalue weighted by Gasteiger charge is 2.15. The maximum atomic E-state index is 3.96. The monoisotopic (exact) mass is 649 g/mol. The number of hydrogen-bond donors (Lipinski definition) is 4. The molecule has 48 heavy (non-hydrogen) atoms. The molecule has 4 nitrogen and oxygen atoms in total. The van der Waals surface area contributed by atoms with Crippen LogP contribution in [0.5, 0.6) is 0 Å². The van der Waals surface area contributed by atoms with Crippen molar-refractivity contribution < 1.29 is 0 Å². The van der Waals surface area contributed by atoms with E-state index in [-0.39, 0.29) is 0 Å². The first kappa shape index (κ1) is 35.9. The summed E-state index contributed by atoms with van der Waals surface area (Å²) in [7, 11) is 0. The van der Waals surface area contributed by atoms with Gasteiger partial charge in [0.05, 0.1) is 0 Å². The predicted octanol–water partition coefficient (Wildman–Crippen LogP) is 9.99. The molecule has 5 heterocycles. The first-order valence-electron chi connectivity index (χ1n) is 19.9. The number of rotatable bonds is 20. The van der Waals surface area contributed by atoms with E-state index in [9.17, 15) is 0 Å². The van der Waals surface area contributed by atoms with Crippen LogP contribution in [-0.4, -0.2) is 19.9 Å². The smallest absolute Gasteiger partial charge is 0.0438 e. The molecule has 0 aromatic carbocycles. The molecule has 4 aromatic rings. The average Bonchev–Trinajstić information content (AvgIpc) is 3.93. The van der Waals surface area contributed by atoms with Gasteiger partial charge < -0.3 is 19.9 Å². The number of H-pyrrole nitrogens is 4. The Bertz CT molecular complexity index is 1530. The number of nitrogens with one attached hydrogen (secondary N) is 4. The summed E-state index contributed by atoms with van der Waals surface area (Å²) in [4.78, 5) is 15.8. The molecule has 0 atom stereocenters. The zero-order valence-electron chi connectivity index (χ0n) is 30.8. The van der Waals surface area contributed by atoms with Crippen LogP contribution in [0.25, 0.3) is 22.3 Å². The van der Waals surface area contributed by atoms with Crippen LogP contribution in [0.1, 0.15) is 179 Å². The Kier molecular flexibility index (Phi) is 14.2. The lowest BCUT2D eigenvalue weighted by molar-refractivity contribution is 0.675. The van der Waals surface area contributed by atoms with E-state index in [1.165, 1.54) is 169 Å². The minimum atomic E-state index is 1.08. The molecule has 1 aliphatic heterocycles. The number of fused-ring (bicyclic) bond motifs is 8. The van der Waals surface area contributed by atoms with Gasteiger partial charge in [-0.05, 0) is 122 Å². The van der Waals surface area contributed by atoms with E-state index in [0.29, 0.717) is 0 Å². The average molecular weight is 649 g/mol. The van der Waals surface area contributed by atoms with E-state index in [1.54, 1.807) is 0 Å². The molecule has 0 saturated carbocycles. The third kappa shape index (κ3) is 9.39. The lowest BCUT2D eigenvalue weighted by Gasteiger charge is -2.09. The van der Waals surface area contributed by atoms with Crippen LogP contribution >= 0.6 is 0 Å². The standard InChI is InChI=1S/C44H64N4/c1-5-9-13-17-21-33-37-25-27-39(45-37)34(22-18-14-10-6-2)41-29-31-43(47-41)36(24-20-16-12-8-4)44-32-30-42(48-44)35(23-19-15-11-7-3)40-28-26-38(33)46-40/h25-32,45-48H,5-24H2,1-4H3. The fourth-order valence-corrected chi connectivity index (χ4v) is 7.56. The van der Waals surface area contributed by atoms with E-state index in [1.807, 2.05) is 0 Å². The summed E-state index contributed by atoms with van der Waals surface area (Å²) in [6.07, 6.45) is 24.5. The van der Waals surface area contributed by atoms with E-state index in [2.05, 4.69) is 96.2 Å². The third-order valence-corrected chi connectivity index (χ3v) is 10.5. The molecule has 4 aromatic heterocycles. The molecule has 4 N–H and O–H groups in total. The van der Waals surface area contributed by atoms with Crippen molar-refractivity contribution in [2.75, 3.05) is 0 Å². The van der Waals surface area contributed by atoms with Crippen LogP contribution in [-0.2, 0) is 0 Å². The van der Waals surface area contributed by atoms with Gasteiger partial charge in [0, 0.05) is 44.2 Å². The second-order valence-electron chi connectivity index (χ2n) is 14.3. The molecular formula is C44H64N4. The first-order chi connectivity index (χ1) is 23.7. The summed E-state index contributed by atoms with van der Waals surface area (Å²) in [5, 5.41) is 5.04. The maximum Gasteiger partial charge on any atom is 0.0438 e. The van der Waals surface area contributed by atoms with Gasteiger partial charge >= 0.3 is 0 Å². The van der Waals surface area contributed by atoms with Crippen molar-refractivity contribution in [2.24, 2.45) is 0 Å². The molecule has 0 fully saturated rings. The van der Waals surface area contributed by atoms with Gasteiger partial charge in [0.25, 0.3) is 0 Å². The highest BCUT2D eigenvalue weighted by atomic mass is 14.8. The van der Waals surface area contributed by atoms with Crippen molar-refractivity contribution in [1.29, 1.82) is 0 Å². The minimum absolute atomic E-state index is 1.08. The highest BCUT2D eigenvalue weighted by Crippen LogP contribution is 2.26. The molecule has 0 spiro atoms. The van der Waals surface area contributed by atoms with Gasteiger partial charge in [-0.15, -0.1) is 0 Å². The van der Waals surface area contributed by atoms with Crippen molar-refractivity contribution in [1.82, 2.24) is 19.9 Å². The number of unbranched alkanes of at least 4 members (excludes halogenated alkanes) is 12. The van der Waals surface area contributed by atoms with Crippen LogP contribution in [0.4, 0.5) is 0 Å². The Hall–Kier alpha value is -3.40. The summed E-state index contributed by atoms with van der Waals surface area (Å²) in [5.41, 5.74) is 10.7. The van der Waals surface area contributed by atoms with Crippen LogP contribution in [0.2, 0.25) is 0 Å². The van der Waals surface area contributed by atoms with Gasteiger partial charge in [-0.25, -0.2) is 0 Å². The van der Waals surface area contributed by atoms with Gasteiger partial charge in [0.2, 0.25) is 0 Å². The Balaban J connectivity index is 1.71. The summed E-state index contributed by atoms with van der Waals surface area (Å²) < 4.78 is 0. The van der Waals surface area contributed by atoms with E-state index in [4.69, 9.17) is 0 Å². The SMILES string of the molecule is CCCCCCC1=c2ccc([nH]2)=C(CCCCCC)c2ccc([nH]2)C(CCCCCC)=c2ccc([nH]2)=C(CCCCCC)c2ccc1[nH]2. The minimum Gasteiger partial charge on any atom is -0.355 e. The molecular weight excluding hydrogens is 585 g/mol. The van der Waals surface area contributed by atoms with E-state index >= 15 is 0 Å². The maximum absolute atomic E-state index is 3.96. The van der Waals surface area contributed by atoms with Crippen LogP contribution in [0.15, 0.2) is 48.5 Å². The molecule has 0 aliphatic carbocycles. The molecule has 0 unspecified atom stereocenters. The summed E-state index contributed by atoms with van der Waals surface area (Å²) in [5.74, 6) is 0. The van der Waals surface area contributed by atoms with Crippen LogP contribution in [0, 0.1) is 0 Å². The molecule has 8 bridgehead atoms. The zero-order valence-corrected chi connectivity index (χ0v) is 30.8. The van der Waals surface area contributed by atoms with Crippen molar-refractivity contribution in [3.63, 3.8) is 0 Å². The second kappa shape index (κ2) is 19.0. The van der Waals surface area contributed by atoms with Gasteiger partial charge in [0.1, 0.15) is 0 Å². The van der Waals surface area contributed by atoms with Gasteiger partial charge in [-0.2, -0.15) is 0 Å². The first-order valence-corrected chi connectivity index (χ1v) is 19.9. The summed E-state index contributed by atoms with van der Waals surface area (Å²) >= 11 is 0. The third-order valence-electron chi connectivity index (χ3n) is 10.5. The quantitative estimate of drug-likeness (QED) is 0.0690. The number of hydrogen-bond acceptors (Lipinski definition) is 0. The second-order valence-corrected chi connectivity index (χ2v) is 14.3. The van der Waals surface area contributed by atoms with Crippen molar-refractivity contribution in [3.8, 4) is 0 Å². The van der Waals surface area contributed by atoms with E-state index in [0.717, 1.165) is 25.7 Å². The zero-order chi connectivity index (χ0) is 33.6. The van der Waals surface area contributed by atoms with Crippen molar-refractivity contribution in [2.45, 2.75) is 156 Å². The molecule has 260 valence electrons.